The molecule has 150 valence electrons. The summed E-state index contributed by atoms with van der Waals surface area (Å²) < 4.78 is 16.4. The summed E-state index contributed by atoms with van der Waals surface area (Å²) in [5.74, 6) is 0.967. The molecule has 1 aromatic carbocycles. The number of pyridine rings is 1. The molecule has 0 saturated carbocycles. The number of hydrogen-bond donors (Lipinski definition) is 2. The lowest BCUT2D eigenvalue weighted by Gasteiger charge is -2.17. The molecule has 0 spiro atoms. The van der Waals surface area contributed by atoms with Crippen LogP contribution in [0.25, 0.3) is 11.3 Å². The molecule has 0 unspecified atom stereocenters. The Morgan fingerprint density at radius 1 is 1.03 bits per heavy atom. The molecule has 2 aromatic heterocycles. The summed E-state index contributed by atoms with van der Waals surface area (Å²) in [6.07, 6.45) is 1.51. The molecule has 2 heterocycles. The van der Waals surface area contributed by atoms with Crippen molar-refractivity contribution in [2.75, 3.05) is 26.6 Å². The maximum absolute atomic E-state index is 12.0. The van der Waals surface area contributed by atoms with Gasteiger partial charge in [-0.05, 0) is 34.1 Å². The number of amides is 1. The molecule has 0 saturated heterocycles. The summed E-state index contributed by atoms with van der Waals surface area (Å²) in [7, 11) is 4.55. The number of rotatable bonds is 7. The summed E-state index contributed by atoms with van der Waals surface area (Å²) in [4.78, 5) is 25.0. The van der Waals surface area contributed by atoms with Crippen LogP contribution in [0.15, 0.2) is 41.1 Å². The van der Waals surface area contributed by atoms with E-state index in [-0.39, 0.29) is 11.6 Å². The number of nitrogens with two attached hydrogens (primary N) is 1. The minimum absolute atomic E-state index is 0.0102. The molecule has 0 aliphatic heterocycles. The number of nitrogens with one attached hydrogen (secondary N) is 1. The molecule has 9 nitrogen and oxygen atoms in total. The molecule has 0 atom stereocenters. The third-order valence-electron chi connectivity index (χ3n) is 3.98. The number of nitrogens with zero attached hydrogens (tertiary/aromatic N) is 3. The highest BCUT2D eigenvalue weighted by Gasteiger charge is 2.21. The third kappa shape index (κ3) is 4.21. The van der Waals surface area contributed by atoms with Gasteiger partial charge in [-0.1, -0.05) is 6.07 Å². The summed E-state index contributed by atoms with van der Waals surface area (Å²) in [6, 6.07) is 8.61. The van der Waals surface area contributed by atoms with Crippen molar-refractivity contribution < 1.29 is 19.0 Å². The smallest absolute Gasteiger partial charge is 0.268 e. The van der Waals surface area contributed by atoms with Gasteiger partial charge in [0.05, 0.1) is 27.5 Å². The van der Waals surface area contributed by atoms with Crippen molar-refractivity contribution in [2.24, 2.45) is 5.73 Å². The predicted octanol–water partition coefficient (Wildman–Crippen LogP) is 3.17. The van der Waals surface area contributed by atoms with Gasteiger partial charge in [0.1, 0.15) is 33.2 Å². The Morgan fingerprint density at radius 3 is 2.31 bits per heavy atom. The van der Waals surface area contributed by atoms with E-state index in [2.05, 4.69) is 36.2 Å². The van der Waals surface area contributed by atoms with Crippen LogP contribution in [-0.2, 0) is 0 Å². The van der Waals surface area contributed by atoms with Crippen molar-refractivity contribution in [3.05, 3.63) is 46.8 Å². The number of halogens is 1. The highest BCUT2D eigenvalue weighted by Crippen LogP contribution is 2.39. The zero-order valence-electron chi connectivity index (χ0n) is 15.9. The van der Waals surface area contributed by atoms with E-state index >= 15 is 0 Å². The number of aromatic nitrogens is 3. The van der Waals surface area contributed by atoms with Crippen molar-refractivity contribution in [3.63, 3.8) is 0 Å². The molecule has 0 aliphatic rings. The number of carbonyl (C=O) groups is 1. The van der Waals surface area contributed by atoms with Crippen LogP contribution in [0, 0.1) is 0 Å². The van der Waals surface area contributed by atoms with E-state index in [1.165, 1.54) is 13.3 Å². The quantitative estimate of drug-likeness (QED) is 0.552. The van der Waals surface area contributed by atoms with E-state index in [1.54, 1.807) is 44.6 Å². The van der Waals surface area contributed by atoms with Crippen LogP contribution in [-0.4, -0.2) is 42.2 Å². The first-order valence-corrected chi connectivity index (χ1v) is 9.13. The number of hydrogen-bond acceptors (Lipinski definition) is 8. The Bertz CT molecular complexity index is 1040. The fraction of sp³-hybridized carbons (Fsp3) is 0.158. The zero-order chi connectivity index (χ0) is 21.0. The Kier molecular flexibility index (Phi) is 6.13. The van der Waals surface area contributed by atoms with Crippen LogP contribution in [0.1, 0.15) is 10.5 Å². The number of para-hydroxylation sites is 1. The second-order valence-electron chi connectivity index (χ2n) is 5.67. The standard InChI is InChI=1S/C19H18BrN5O4/c1-27-11-5-4-6-12(28-2)17(11)25-19-16(22-9-13(20)23-19)10-7-8-14(29-3)24-15(10)18(21)26/h4-9H,1-3H3,(H2,21,26)(H,23,25). The van der Waals surface area contributed by atoms with Crippen molar-refractivity contribution in [1.29, 1.82) is 0 Å². The van der Waals surface area contributed by atoms with Gasteiger partial charge in [0, 0.05) is 11.6 Å². The Hall–Kier alpha value is -3.40. The summed E-state index contributed by atoms with van der Waals surface area (Å²) in [5, 5.41) is 3.18. The molecule has 0 radical (unpaired) electrons. The molecule has 0 bridgehead atoms. The van der Waals surface area contributed by atoms with E-state index in [0.717, 1.165) is 0 Å². The molecular weight excluding hydrogens is 442 g/mol. The lowest BCUT2D eigenvalue weighted by molar-refractivity contribution is 0.0995. The number of carbonyl (C=O) groups excluding carboxylic acids is 1. The topological polar surface area (TPSA) is 121 Å². The normalized spacial score (nSPS) is 10.3. The maximum Gasteiger partial charge on any atom is 0.268 e. The molecule has 29 heavy (non-hydrogen) atoms. The fourth-order valence-electron chi connectivity index (χ4n) is 2.68. The second kappa shape index (κ2) is 8.74. The van der Waals surface area contributed by atoms with Gasteiger partial charge in [0.15, 0.2) is 5.82 Å². The van der Waals surface area contributed by atoms with Crippen molar-refractivity contribution in [3.8, 4) is 28.6 Å². The minimum Gasteiger partial charge on any atom is -0.494 e. The van der Waals surface area contributed by atoms with Gasteiger partial charge in [-0.3, -0.25) is 4.79 Å². The van der Waals surface area contributed by atoms with Gasteiger partial charge in [0.25, 0.3) is 5.91 Å². The highest BCUT2D eigenvalue weighted by molar-refractivity contribution is 9.10. The van der Waals surface area contributed by atoms with Crippen LogP contribution < -0.4 is 25.3 Å². The van der Waals surface area contributed by atoms with Crippen molar-refractivity contribution in [1.82, 2.24) is 15.0 Å². The first kappa shape index (κ1) is 20.3. The van der Waals surface area contributed by atoms with Gasteiger partial charge in [0.2, 0.25) is 5.88 Å². The number of anilines is 2. The van der Waals surface area contributed by atoms with Gasteiger partial charge in [-0.25, -0.2) is 15.0 Å². The maximum atomic E-state index is 12.0. The van der Waals surface area contributed by atoms with E-state index in [9.17, 15) is 4.79 Å². The van der Waals surface area contributed by atoms with Crippen LogP contribution in [0.4, 0.5) is 11.5 Å². The first-order valence-electron chi connectivity index (χ1n) is 8.34. The number of benzene rings is 1. The third-order valence-corrected chi connectivity index (χ3v) is 4.36. The summed E-state index contributed by atoms with van der Waals surface area (Å²) in [5.41, 5.74) is 6.85. The summed E-state index contributed by atoms with van der Waals surface area (Å²) in [6.45, 7) is 0. The highest BCUT2D eigenvalue weighted by atomic mass is 79.9. The predicted molar refractivity (Wildman–Crippen MR) is 111 cm³/mol. The molecular formula is C19H18BrN5O4. The van der Waals surface area contributed by atoms with Crippen molar-refractivity contribution >= 4 is 33.3 Å². The van der Waals surface area contributed by atoms with Crippen LogP contribution >= 0.6 is 15.9 Å². The Balaban J connectivity index is 2.18. The SMILES string of the molecule is COc1ccc(-c2ncc(Br)nc2Nc2c(OC)cccc2OC)c(C(N)=O)n1. The molecule has 3 aromatic rings. The van der Waals surface area contributed by atoms with E-state index in [4.69, 9.17) is 19.9 Å². The van der Waals surface area contributed by atoms with Gasteiger partial charge < -0.3 is 25.3 Å². The molecule has 1 amide bonds. The molecule has 3 rings (SSSR count). The largest absolute Gasteiger partial charge is 0.494 e. The van der Waals surface area contributed by atoms with E-state index in [0.29, 0.717) is 38.9 Å². The molecule has 0 aliphatic carbocycles. The van der Waals surface area contributed by atoms with Crippen LogP contribution in [0.3, 0.4) is 0 Å². The monoisotopic (exact) mass is 459 g/mol. The number of methoxy groups -OCH3 is 3. The number of primary amides is 1. The molecule has 3 N–H and O–H groups in total. The Labute approximate surface area is 175 Å². The Morgan fingerprint density at radius 2 is 1.72 bits per heavy atom. The minimum atomic E-state index is -0.718. The van der Waals surface area contributed by atoms with E-state index < -0.39 is 5.91 Å². The average Bonchev–Trinajstić information content (AvgIpc) is 2.73. The van der Waals surface area contributed by atoms with Gasteiger partial charge in [-0.15, -0.1) is 0 Å². The second-order valence-corrected chi connectivity index (χ2v) is 6.48. The van der Waals surface area contributed by atoms with Crippen LogP contribution in [0.5, 0.6) is 17.4 Å². The van der Waals surface area contributed by atoms with Crippen LogP contribution in [0.2, 0.25) is 0 Å². The lowest BCUT2D eigenvalue weighted by atomic mass is 10.1. The number of ether oxygens (including phenoxy) is 3. The molecule has 10 heteroatoms. The zero-order valence-corrected chi connectivity index (χ0v) is 17.5. The van der Waals surface area contributed by atoms with Crippen molar-refractivity contribution in [2.45, 2.75) is 0 Å². The molecule has 0 fully saturated rings. The lowest BCUT2D eigenvalue weighted by Crippen LogP contribution is -2.16. The fourth-order valence-corrected chi connectivity index (χ4v) is 2.96. The van der Waals surface area contributed by atoms with E-state index in [1.807, 2.05) is 0 Å². The summed E-state index contributed by atoms with van der Waals surface area (Å²) >= 11 is 3.32. The van der Waals surface area contributed by atoms with Gasteiger partial charge >= 0.3 is 0 Å². The average molecular weight is 460 g/mol. The first-order chi connectivity index (χ1) is 14.0. The van der Waals surface area contributed by atoms with Gasteiger partial charge in [-0.2, -0.15) is 0 Å².